The Balaban J connectivity index is 2.46. The molecular weight excluding hydrogens is 339 g/mol. The average molecular weight is 355 g/mol. The lowest BCUT2D eigenvalue weighted by Gasteiger charge is -2.15. The van der Waals surface area contributed by atoms with E-state index < -0.39 is 6.30 Å². The summed E-state index contributed by atoms with van der Waals surface area (Å²) in [4.78, 5) is 9.25. The fourth-order valence-corrected chi connectivity index (χ4v) is 2.97. The zero-order valence-electron chi connectivity index (χ0n) is 11.6. The molecule has 1 atom stereocenters. The molecule has 0 aromatic heterocycles. The third-order valence-electron chi connectivity index (χ3n) is 3.31. The first-order valence-electron chi connectivity index (χ1n) is 6.17. The zero-order chi connectivity index (χ0) is 14.9. The molecule has 0 heterocycles. The Morgan fingerprint density at radius 2 is 1.60 bits per heavy atom. The fraction of sp³-hybridized carbons (Fsp3) is 0.200. The van der Waals surface area contributed by atoms with E-state index in [4.69, 9.17) is 4.52 Å². The second kappa shape index (κ2) is 5.72. The van der Waals surface area contributed by atoms with Crippen LogP contribution in [0.4, 0.5) is 0 Å². The summed E-state index contributed by atoms with van der Waals surface area (Å²) in [6.07, 6.45) is -3.72. The van der Waals surface area contributed by atoms with Gasteiger partial charge in [-0.3, -0.25) is 0 Å². The predicted octanol–water partition coefficient (Wildman–Crippen LogP) is 5.15. The van der Waals surface area contributed by atoms with Crippen molar-refractivity contribution in [3.8, 4) is 16.9 Å². The van der Waals surface area contributed by atoms with E-state index in [-0.39, 0.29) is 0 Å². The monoisotopic (exact) mass is 354 g/mol. The second-order valence-corrected chi connectivity index (χ2v) is 8.54. The molecule has 1 unspecified atom stereocenters. The molecule has 0 aliphatic carbocycles. The van der Waals surface area contributed by atoms with Crippen LogP contribution >= 0.6 is 21.8 Å². The minimum Gasteiger partial charge on any atom is -0.417 e. The summed E-state index contributed by atoms with van der Waals surface area (Å²) in [5, 5.41) is 0. The van der Waals surface area contributed by atoms with Crippen molar-refractivity contribution in [3.05, 3.63) is 53.1 Å². The lowest BCUT2D eigenvalue weighted by Crippen LogP contribution is -1.93. The maximum atomic E-state index is 11.3. The van der Waals surface area contributed by atoms with E-state index in [2.05, 4.69) is 39.8 Å². The van der Waals surface area contributed by atoms with Crippen LogP contribution in [-0.2, 0) is 4.57 Å². The molecule has 0 aliphatic heterocycles. The van der Waals surface area contributed by atoms with Gasteiger partial charge in [-0.05, 0) is 49.1 Å². The van der Waals surface area contributed by atoms with Crippen LogP contribution in [0.15, 0.2) is 36.4 Å². The lowest BCUT2D eigenvalue weighted by atomic mass is 9.96. The van der Waals surface area contributed by atoms with Gasteiger partial charge in [0.2, 0.25) is 0 Å². The van der Waals surface area contributed by atoms with Crippen LogP contribution in [0, 0.1) is 20.8 Å². The van der Waals surface area contributed by atoms with Crippen molar-refractivity contribution in [1.82, 2.24) is 0 Å². The summed E-state index contributed by atoms with van der Waals surface area (Å²) < 4.78 is 16.3. The predicted molar refractivity (Wildman–Crippen MR) is 85.5 cm³/mol. The van der Waals surface area contributed by atoms with Gasteiger partial charge in [0.1, 0.15) is 5.75 Å². The fourth-order valence-electron chi connectivity index (χ4n) is 2.06. The molecule has 2 aromatic carbocycles. The van der Waals surface area contributed by atoms with E-state index in [0.29, 0.717) is 5.75 Å². The number of hydrogen-bond acceptors (Lipinski definition) is 2. The molecule has 0 saturated heterocycles. The van der Waals surface area contributed by atoms with Crippen LogP contribution < -0.4 is 4.52 Å². The summed E-state index contributed by atoms with van der Waals surface area (Å²) in [5.74, 6) is 0.418. The molecule has 2 rings (SSSR count). The maximum absolute atomic E-state index is 11.3. The van der Waals surface area contributed by atoms with E-state index in [0.717, 1.165) is 22.3 Å². The van der Waals surface area contributed by atoms with Crippen LogP contribution in [0.1, 0.15) is 16.7 Å². The van der Waals surface area contributed by atoms with E-state index in [1.54, 1.807) is 6.07 Å². The molecule has 0 fully saturated rings. The lowest BCUT2D eigenvalue weighted by molar-refractivity contribution is 0.403. The highest BCUT2D eigenvalue weighted by atomic mass is 79.9. The zero-order valence-corrected chi connectivity index (χ0v) is 14.0. The van der Waals surface area contributed by atoms with Crippen LogP contribution in [0.3, 0.4) is 0 Å². The van der Waals surface area contributed by atoms with Gasteiger partial charge in [-0.2, -0.15) is 0 Å². The Morgan fingerprint density at radius 3 is 2.15 bits per heavy atom. The van der Waals surface area contributed by atoms with Crippen LogP contribution in [0.2, 0.25) is 0 Å². The minimum absolute atomic E-state index is 0.418. The molecule has 0 radical (unpaired) electrons. The molecule has 5 heteroatoms. The molecule has 1 N–H and O–H groups in total. The van der Waals surface area contributed by atoms with Crippen molar-refractivity contribution in [1.29, 1.82) is 0 Å². The molecule has 0 saturated carbocycles. The van der Waals surface area contributed by atoms with Crippen molar-refractivity contribution in [2.75, 3.05) is 0 Å². The molecule has 0 spiro atoms. The molecular formula is C15H16BrO3P. The van der Waals surface area contributed by atoms with Gasteiger partial charge >= 0.3 is 6.30 Å². The smallest absolute Gasteiger partial charge is 0.417 e. The number of benzene rings is 2. The molecule has 20 heavy (non-hydrogen) atoms. The van der Waals surface area contributed by atoms with Crippen molar-refractivity contribution in [2.45, 2.75) is 20.8 Å². The van der Waals surface area contributed by atoms with E-state index in [1.807, 2.05) is 26.8 Å². The average Bonchev–Trinajstić information content (AvgIpc) is 2.35. The summed E-state index contributed by atoms with van der Waals surface area (Å²) in [6, 6.07) is 11.9. The number of hydrogen-bond donors (Lipinski definition) is 1. The minimum atomic E-state index is -3.72. The van der Waals surface area contributed by atoms with E-state index in [9.17, 15) is 9.46 Å². The molecule has 0 aliphatic rings. The van der Waals surface area contributed by atoms with Crippen LogP contribution in [-0.4, -0.2) is 4.89 Å². The third-order valence-corrected chi connectivity index (χ3v) is 4.17. The van der Waals surface area contributed by atoms with Gasteiger partial charge < -0.3 is 9.42 Å². The third kappa shape index (κ3) is 3.51. The number of aryl methyl sites for hydroxylation is 1. The van der Waals surface area contributed by atoms with Crippen molar-refractivity contribution in [2.24, 2.45) is 0 Å². The summed E-state index contributed by atoms with van der Waals surface area (Å²) in [5.41, 5.74) is 5.32. The summed E-state index contributed by atoms with van der Waals surface area (Å²) in [6.45, 7) is 5.91. The van der Waals surface area contributed by atoms with Gasteiger partial charge in [0, 0.05) is 0 Å². The highest BCUT2D eigenvalue weighted by molar-refractivity contribution is 9.39. The largest absolute Gasteiger partial charge is 0.444 e. The van der Waals surface area contributed by atoms with Crippen molar-refractivity contribution < 1.29 is 14.0 Å². The highest BCUT2D eigenvalue weighted by Crippen LogP contribution is 2.51. The Morgan fingerprint density at radius 1 is 1.00 bits per heavy atom. The van der Waals surface area contributed by atoms with Crippen molar-refractivity contribution in [3.63, 3.8) is 0 Å². The topological polar surface area (TPSA) is 46.5 Å². The normalized spacial score (nSPS) is 13.8. The molecule has 3 nitrogen and oxygen atoms in total. The second-order valence-electron chi connectivity index (χ2n) is 4.77. The van der Waals surface area contributed by atoms with Crippen molar-refractivity contribution >= 4 is 21.8 Å². The number of rotatable bonds is 3. The Labute approximate surface area is 126 Å². The molecule has 0 bridgehead atoms. The number of halogens is 1. The van der Waals surface area contributed by atoms with Gasteiger partial charge in [0.25, 0.3) is 0 Å². The van der Waals surface area contributed by atoms with Gasteiger partial charge in [0.05, 0.1) is 15.5 Å². The Kier molecular flexibility index (Phi) is 4.38. The Bertz CT molecular complexity index is 674. The maximum Gasteiger partial charge on any atom is 0.444 e. The highest BCUT2D eigenvalue weighted by Gasteiger charge is 2.18. The van der Waals surface area contributed by atoms with Gasteiger partial charge in [0.15, 0.2) is 0 Å². The summed E-state index contributed by atoms with van der Waals surface area (Å²) >= 11 is 2.63. The van der Waals surface area contributed by atoms with Crippen LogP contribution in [0.25, 0.3) is 11.1 Å². The first-order chi connectivity index (χ1) is 9.28. The summed E-state index contributed by atoms with van der Waals surface area (Å²) in [7, 11) is 0. The Hall–Kier alpha value is -1.09. The molecule has 2 aromatic rings. The SMILES string of the molecule is Cc1ccc(-c2ccc(OP(=O)(O)Br)c(C)c2C)cc1. The molecule has 0 amide bonds. The quantitative estimate of drug-likeness (QED) is 0.775. The van der Waals surface area contributed by atoms with Gasteiger partial charge in [-0.15, -0.1) is 0 Å². The van der Waals surface area contributed by atoms with Gasteiger partial charge in [-0.1, -0.05) is 35.9 Å². The first kappa shape index (κ1) is 15.3. The first-order valence-corrected chi connectivity index (χ1v) is 9.77. The van der Waals surface area contributed by atoms with E-state index >= 15 is 0 Å². The van der Waals surface area contributed by atoms with E-state index in [1.165, 1.54) is 5.56 Å². The van der Waals surface area contributed by atoms with Crippen LogP contribution in [0.5, 0.6) is 5.75 Å². The standard InChI is InChI=1S/C15H16BrO3P/c1-10-4-6-13(7-5-10)14-8-9-15(12(3)11(14)2)19-20(16,17)18/h4-9H,1-3H3,(H,17,18). The van der Waals surface area contributed by atoms with Gasteiger partial charge in [-0.25, -0.2) is 4.57 Å². The molecule has 106 valence electrons.